The predicted molar refractivity (Wildman–Crippen MR) is 482 cm³/mol. The first-order chi connectivity index (χ1) is 60.1. The summed E-state index contributed by atoms with van der Waals surface area (Å²) < 4.78 is 136. The largest absolute Gasteiger partial charge is 0.444 e. The third-order valence-corrected chi connectivity index (χ3v) is 24.5. The van der Waals surface area contributed by atoms with Crippen LogP contribution in [0.25, 0.3) is 0 Å². The number of halogens is 9. The maximum Gasteiger partial charge on any atom is 0.416 e. The number of hydrogen-bond donors (Lipinski definition) is 3. The van der Waals surface area contributed by atoms with E-state index in [-0.39, 0.29) is 107 Å². The van der Waals surface area contributed by atoms with E-state index >= 15 is 0 Å². The molecule has 6 saturated heterocycles. The van der Waals surface area contributed by atoms with Gasteiger partial charge in [0.1, 0.15) is 16.8 Å². The number of urea groups is 3. The van der Waals surface area contributed by atoms with E-state index < -0.39 is 52.0 Å². The molecule has 30 heteroatoms. The van der Waals surface area contributed by atoms with E-state index in [9.17, 15) is 68.3 Å². The quantitative estimate of drug-likeness (QED) is 0.0776. The SMILES string of the molecule is CC(C)(C)OC(=O)N1CCC(NC(=O)N2CCN(C(c3ccccc3)c3ccc(C(F)(F)F)cc3)C[C@@H]2C(C)(C)C)CC1.CC(C)(C)OC(=O)N1CCC(NC(=O)N2CCN(C(c3ccccc3)c3ccc(C(F)(F)F)cc3)C[C@@H]2C(C)(C)C)CC1.CC(C)(C)OC(=O)N1CCC(NC(=O)N2CCN(C(c3ccccc3)c3ccc(C(F)(F)F)cc3)C[C@@H]2C(C)(C)C)CC1. The minimum absolute atomic E-state index is 0.0472. The number of carbonyl (C=O) groups excluding carboxylic acids is 6. The van der Waals surface area contributed by atoms with Gasteiger partial charge in [-0.3, -0.25) is 14.7 Å². The number of likely N-dealkylation sites (tertiary alicyclic amines) is 3. The molecule has 0 aromatic heterocycles. The van der Waals surface area contributed by atoms with Gasteiger partial charge in [0.25, 0.3) is 0 Å². The summed E-state index contributed by atoms with van der Waals surface area (Å²) in [6, 6.07) is 43.9. The molecule has 0 saturated carbocycles. The molecule has 0 aliphatic carbocycles. The Kier molecular flexibility index (Phi) is 32.8. The molecule has 6 aromatic rings. The van der Waals surface area contributed by atoms with Crippen molar-refractivity contribution in [3.05, 3.63) is 214 Å². The lowest BCUT2D eigenvalue weighted by atomic mass is 9.83. The molecule has 708 valence electrons. The van der Waals surface area contributed by atoms with Crippen molar-refractivity contribution in [2.75, 3.05) is 98.2 Å². The van der Waals surface area contributed by atoms with Crippen LogP contribution in [0.1, 0.15) is 231 Å². The molecule has 6 aromatic carbocycles. The van der Waals surface area contributed by atoms with Gasteiger partial charge in [0, 0.05) is 116 Å². The van der Waals surface area contributed by atoms with Gasteiger partial charge in [0.15, 0.2) is 0 Å². The Morgan fingerprint density at radius 1 is 0.279 bits per heavy atom. The highest BCUT2D eigenvalue weighted by molar-refractivity contribution is 5.77. The number of amides is 9. The zero-order valence-electron chi connectivity index (χ0n) is 78.2. The summed E-state index contributed by atoms with van der Waals surface area (Å²) >= 11 is 0. The number of benzene rings is 6. The van der Waals surface area contributed by atoms with Gasteiger partial charge < -0.3 is 59.6 Å². The molecular weight excluding hydrogens is 1670 g/mol. The van der Waals surface area contributed by atoms with Gasteiger partial charge in [-0.25, -0.2) is 28.8 Å². The molecule has 12 rings (SSSR count). The molecule has 6 fully saturated rings. The van der Waals surface area contributed by atoms with Gasteiger partial charge >= 0.3 is 54.9 Å². The van der Waals surface area contributed by atoms with E-state index in [0.29, 0.717) is 137 Å². The predicted octanol–water partition coefficient (Wildman–Crippen LogP) is 20.8. The Bertz CT molecular complexity index is 4160. The van der Waals surface area contributed by atoms with Crippen molar-refractivity contribution in [2.24, 2.45) is 16.2 Å². The second kappa shape index (κ2) is 41.7. The molecule has 0 spiro atoms. The standard InChI is InChI=1S/3C33H45F3N4O3/c3*1-31(2,3)27-22-39(28(23-10-8-7-9-11-23)24-12-14-25(15-13-24)33(34,35)36)20-21-40(27)29(41)37-26-16-18-38(19-17-26)30(42)43-32(4,5)6/h3*7-15,26-28H,16-22H2,1-6H3,(H,37,41)/t3*27-,28?/m111/s1. The highest BCUT2D eigenvalue weighted by Crippen LogP contribution is 2.43. The normalized spacial score (nSPS) is 20.1. The zero-order chi connectivity index (χ0) is 94.7. The number of alkyl halides is 9. The Morgan fingerprint density at radius 2 is 0.473 bits per heavy atom. The monoisotopic (exact) mass is 1810 g/mol. The minimum Gasteiger partial charge on any atom is -0.444 e. The van der Waals surface area contributed by atoms with E-state index in [1.54, 1.807) is 51.1 Å². The first kappa shape index (κ1) is 101. The fourth-order valence-electron chi connectivity index (χ4n) is 17.8. The summed E-state index contributed by atoms with van der Waals surface area (Å²) in [5, 5.41) is 9.63. The van der Waals surface area contributed by atoms with Gasteiger partial charge in [0.05, 0.1) is 52.9 Å². The van der Waals surface area contributed by atoms with Crippen molar-refractivity contribution in [2.45, 2.75) is 253 Å². The van der Waals surface area contributed by atoms with E-state index in [0.717, 1.165) is 69.8 Å². The molecule has 21 nitrogen and oxygen atoms in total. The third kappa shape index (κ3) is 28.6. The molecule has 6 heterocycles. The number of nitrogens with zero attached hydrogens (tertiary/aromatic N) is 9. The first-order valence-electron chi connectivity index (χ1n) is 45.1. The Morgan fingerprint density at radius 3 is 0.651 bits per heavy atom. The summed E-state index contributed by atoms with van der Waals surface area (Å²) in [6.45, 7) is 43.5. The number of piperazine rings is 3. The van der Waals surface area contributed by atoms with Crippen LogP contribution in [-0.4, -0.2) is 232 Å². The number of hydrogen-bond acceptors (Lipinski definition) is 12. The molecule has 0 bridgehead atoms. The average molecular weight is 1810 g/mol. The van der Waals surface area contributed by atoms with Gasteiger partial charge in [-0.15, -0.1) is 0 Å². The summed E-state index contributed by atoms with van der Waals surface area (Å²) in [5.74, 6) is 0. The van der Waals surface area contributed by atoms with Crippen LogP contribution in [0.3, 0.4) is 0 Å². The van der Waals surface area contributed by atoms with Crippen LogP contribution in [0, 0.1) is 16.2 Å². The minimum atomic E-state index is -4.40. The molecule has 6 aliphatic rings. The van der Waals surface area contributed by atoms with Crippen molar-refractivity contribution >= 4 is 36.4 Å². The molecule has 3 N–H and O–H groups in total. The first-order valence-corrected chi connectivity index (χ1v) is 45.1. The maximum absolute atomic E-state index is 13.7. The van der Waals surface area contributed by atoms with Crippen molar-refractivity contribution in [1.82, 2.24) is 60.0 Å². The van der Waals surface area contributed by atoms with E-state index in [1.807, 2.05) is 168 Å². The number of nitrogens with one attached hydrogen (secondary N) is 3. The molecule has 9 amide bonds. The maximum atomic E-state index is 13.7. The smallest absolute Gasteiger partial charge is 0.416 e. The van der Waals surface area contributed by atoms with Crippen LogP contribution in [0.2, 0.25) is 0 Å². The number of rotatable bonds is 12. The van der Waals surface area contributed by atoms with Gasteiger partial charge in [-0.1, -0.05) is 190 Å². The summed E-state index contributed by atoms with van der Waals surface area (Å²) in [4.78, 5) is 95.9. The van der Waals surface area contributed by atoms with Gasteiger partial charge in [-0.2, -0.15) is 39.5 Å². The molecule has 3 unspecified atom stereocenters. The van der Waals surface area contributed by atoms with E-state index in [1.165, 1.54) is 0 Å². The summed E-state index contributed by atoms with van der Waals surface area (Å²) in [5.41, 5.74) is 0.863. The lowest BCUT2D eigenvalue weighted by Gasteiger charge is -2.49. The van der Waals surface area contributed by atoms with E-state index in [4.69, 9.17) is 14.2 Å². The zero-order valence-corrected chi connectivity index (χ0v) is 78.2. The number of piperidine rings is 3. The molecule has 6 aliphatic heterocycles. The highest BCUT2D eigenvalue weighted by Gasteiger charge is 2.47. The van der Waals surface area contributed by atoms with Crippen LogP contribution in [-0.2, 0) is 32.7 Å². The Hall–Kier alpha value is -9.81. The van der Waals surface area contributed by atoms with Crippen LogP contribution in [0.15, 0.2) is 164 Å². The molecular formula is C99H135F9N12O9. The molecule has 129 heavy (non-hydrogen) atoms. The van der Waals surface area contributed by atoms with Crippen molar-refractivity contribution in [3.8, 4) is 0 Å². The molecule has 0 radical (unpaired) electrons. The lowest BCUT2D eigenvalue weighted by molar-refractivity contribution is -0.138. The summed E-state index contributed by atoms with van der Waals surface area (Å²) in [6.07, 6.45) is -10.3. The molecule has 6 atom stereocenters. The topological polar surface area (TPSA) is 195 Å². The Balaban J connectivity index is 0.000000201. The Labute approximate surface area is 756 Å². The van der Waals surface area contributed by atoms with Crippen LogP contribution >= 0.6 is 0 Å². The second-order valence-corrected chi connectivity index (χ2v) is 41.1. The van der Waals surface area contributed by atoms with Gasteiger partial charge in [0.2, 0.25) is 0 Å². The summed E-state index contributed by atoms with van der Waals surface area (Å²) in [7, 11) is 0. The highest BCUT2D eigenvalue weighted by atomic mass is 19.4. The van der Waals surface area contributed by atoms with Crippen LogP contribution < -0.4 is 16.0 Å². The average Bonchev–Trinajstić information content (AvgIpc) is 0.781. The number of carbonyl (C=O) groups is 6. The van der Waals surface area contributed by atoms with Crippen molar-refractivity contribution in [1.29, 1.82) is 0 Å². The lowest BCUT2D eigenvalue weighted by Crippen LogP contribution is -2.63. The van der Waals surface area contributed by atoms with Gasteiger partial charge in [-0.05, 0) is 187 Å². The van der Waals surface area contributed by atoms with Crippen molar-refractivity contribution < 1.29 is 82.5 Å². The fraction of sp³-hybridized carbons (Fsp3) is 0.576. The van der Waals surface area contributed by atoms with Crippen molar-refractivity contribution in [3.63, 3.8) is 0 Å². The van der Waals surface area contributed by atoms with E-state index in [2.05, 4.69) is 93.0 Å². The second-order valence-electron chi connectivity index (χ2n) is 41.1. The van der Waals surface area contributed by atoms with Crippen LogP contribution in [0.5, 0.6) is 0 Å². The third-order valence-electron chi connectivity index (χ3n) is 24.5. The van der Waals surface area contributed by atoms with Crippen LogP contribution in [0.4, 0.5) is 68.3 Å². The fourth-order valence-corrected chi connectivity index (χ4v) is 17.8. The number of ether oxygens (including phenoxy) is 3.